The van der Waals surface area contributed by atoms with Gasteiger partial charge in [-0.1, -0.05) is 0 Å². The molecule has 0 amide bonds. The van der Waals surface area contributed by atoms with E-state index >= 15 is 0 Å². The highest BCUT2D eigenvalue weighted by Crippen LogP contribution is 2.27. The molecule has 0 bridgehead atoms. The number of thioether (sulfide) groups is 1. The van der Waals surface area contributed by atoms with Crippen LogP contribution in [0.2, 0.25) is 0 Å². The summed E-state index contributed by atoms with van der Waals surface area (Å²) in [6, 6.07) is 0. The molecule has 2 aromatic rings. The number of nitrogens with zero attached hydrogens (tertiary/aromatic N) is 3. The highest BCUT2D eigenvalue weighted by Gasteiger charge is 2.07. The summed E-state index contributed by atoms with van der Waals surface area (Å²) >= 11 is 1.51. The number of aromatic hydroxyl groups is 1. The van der Waals surface area contributed by atoms with E-state index in [0.717, 1.165) is 10.4 Å². The van der Waals surface area contributed by atoms with Gasteiger partial charge >= 0.3 is 0 Å². The number of hydrogen-bond donors (Lipinski definition) is 1. The van der Waals surface area contributed by atoms with Crippen LogP contribution in [0.4, 0.5) is 0 Å². The van der Waals surface area contributed by atoms with Crippen LogP contribution in [-0.4, -0.2) is 26.3 Å². The van der Waals surface area contributed by atoms with Gasteiger partial charge in [0.2, 0.25) is 0 Å². The number of fused-ring (bicyclic) bond motifs is 1. The Kier molecular flexibility index (Phi) is 2.25. The average Bonchev–Trinajstić information content (AvgIpc) is 2.19. The molecule has 0 fully saturated rings. The van der Waals surface area contributed by atoms with Gasteiger partial charge < -0.3 is 5.11 Å². The zero-order chi connectivity index (χ0) is 10.1. The quantitative estimate of drug-likeness (QED) is 0.722. The number of rotatable bonds is 1. The Morgan fingerprint density at radius 2 is 2.07 bits per heavy atom. The molecule has 2 rings (SSSR count). The Morgan fingerprint density at radius 1 is 1.29 bits per heavy atom. The summed E-state index contributed by atoms with van der Waals surface area (Å²) in [5.74, 6) is 0.745. The molecule has 2 heterocycles. The Labute approximate surface area is 85.4 Å². The number of aryl methyl sites for hydroxylation is 1. The monoisotopic (exact) mass is 207 g/mol. The number of pyridine rings is 1. The first kappa shape index (κ1) is 9.21. The largest absolute Gasteiger partial charge is 0.504 e. The molecule has 2 aromatic heterocycles. The minimum atomic E-state index is 0.100. The van der Waals surface area contributed by atoms with E-state index in [0.29, 0.717) is 11.3 Å². The van der Waals surface area contributed by atoms with Gasteiger partial charge in [-0.2, -0.15) is 0 Å². The summed E-state index contributed by atoms with van der Waals surface area (Å²) in [4.78, 5) is 12.3. The number of hydrogen-bond acceptors (Lipinski definition) is 5. The Morgan fingerprint density at radius 3 is 2.79 bits per heavy atom. The number of aromatic nitrogens is 3. The van der Waals surface area contributed by atoms with Gasteiger partial charge in [0.25, 0.3) is 0 Å². The minimum absolute atomic E-state index is 0.100. The molecule has 0 radical (unpaired) electrons. The molecule has 14 heavy (non-hydrogen) atoms. The van der Waals surface area contributed by atoms with Gasteiger partial charge in [0, 0.05) is 6.20 Å². The summed E-state index contributed by atoms with van der Waals surface area (Å²) in [6.45, 7) is 1.79. The van der Waals surface area contributed by atoms with Crippen LogP contribution >= 0.6 is 11.8 Å². The van der Waals surface area contributed by atoms with Crippen LogP contribution in [0, 0.1) is 6.92 Å². The predicted molar refractivity (Wildman–Crippen MR) is 55.5 cm³/mol. The van der Waals surface area contributed by atoms with Crippen molar-refractivity contribution in [2.45, 2.75) is 11.9 Å². The molecule has 0 saturated heterocycles. The van der Waals surface area contributed by atoms with Crippen molar-refractivity contribution < 1.29 is 5.11 Å². The molecule has 0 saturated carbocycles. The van der Waals surface area contributed by atoms with Crippen molar-refractivity contribution in [1.29, 1.82) is 0 Å². The van der Waals surface area contributed by atoms with Crippen LogP contribution in [0.5, 0.6) is 5.75 Å². The minimum Gasteiger partial charge on any atom is -0.504 e. The van der Waals surface area contributed by atoms with Crippen LogP contribution in [0.3, 0.4) is 0 Å². The van der Waals surface area contributed by atoms with Gasteiger partial charge in [-0.25, -0.2) is 15.0 Å². The van der Waals surface area contributed by atoms with Crippen molar-refractivity contribution in [2.24, 2.45) is 0 Å². The van der Waals surface area contributed by atoms with Gasteiger partial charge in [0.05, 0.1) is 11.6 Å². The lowest BCUT2D eigenvalue weighted by Crippen LogP contribution is -1.91. The fourth-order valence-corrected chi connectivity index (χ4v) is 1.76. The first-order valence-electron chi connectivity index (χ1n) is 4.07. The van der Waals surface area contributed by atoms with E-state index in [4.69, 9.17) is 0 Å². The van der Waals surface area contributed by atoms with Crippen LogP contribution in [0.15, 0.2) is 17.4 Å². The zero-order valence-electron chi connectivity index (χ0n) is 7.85. The normalized spacial score (nSPS) is 10.7. The van der Waals surface area contributed by atoms with Gasteiger partial charge in [-0.05, 0) is 13.2 Å². The van der Waals surface area contributed by atoms with E-state index < -0.39 is 0 Å². The van der Waals surface area contributed by atoms with E-state index in [-0.39, 0.29) is 5.75 Å². The molecular formula is C9H9N3OS. The maximum absolute atomic E-state index is 9.55. The van der Waals surface area contributed by atoms with E-state index in [1.165, 1.54) is 18.0 Å². The fraction of sp³-hybridized carbons (Fsp3) is 0.222. The molecule has 0 aliphatic heterocycles. The second kappa shape index (κ2) is 3.42. The third-order valence-electron chi connectivity index (χ3n) is 1.88. The summed E-state index contributed by atoms with van der Waals surface area (Å²) in [6.07, 6.45) is 5.04. The molecule has 72 valence electrons. The Balaban J connectivity index is 2.84. The van der Waals surface area contributed by atoms with E-state index in [1.807, 2.05) is 6.26 Å². The maximum Gasteiger partial charge on any atom is 0.160 e. The van der Waals surface area contributed by atoms with Crippen molar-refractivity contribution in [2.75, 3.05) is 6.26 Å². The molecule has 0 atom stereocenters. The molecule has 0 spiro atoms. The van der Waals surface area contributed by atoms with Gasteiger partial charge in [-0.15, -0.1) is 11.8 Å². The second-order valence-electron chi connectivity index (χ2n) is 2.83. The first-order chi connectivity index (χ1) is 6.72. The van der Waals surface area contributed by atoms with Crippen LogP contribution in [0.25, 0.3) is 10.9 Å². The molecule has 4 nitrogen and oxygen atoms in total. The van der Waals surface area contributed by atoms with E-state index in [1.54, 1.807) is 13.1 Å². The first-order valence-corrected chi connectivity index (χ1v) is 5.30. The summed E-state index contributed by atoms with van der Waals surface area (Å²) < 4.78 is 0. The molecule has 0 aromatic carbocycles. The fourth-order valence-electron chi connectivity index (χ4n) is 1.23. The van der Waals surface area contributed by atoms with Gasteiger partial charge in [-0.3, -0.25) is 0 Å². The third kappa shape index (κ3) is 1.39. The summed E-state index contributed by atoms with van der Waals surface area (Å²) in [5, 5.41) is 11.2. The maximum atomic E-state index is 9.55. The lowest BCUT2D eigenvalue weighted by Gasteiger charge is -2.03. The topological polar surface area (TPSA) is 58.9 Å². The van der Waals surface area contributed by atoms with E-state index in [9.17, 15) is 5.11 Å². The molecule has 0 aliphatic rings. The lowest BCUT2D eigenvalue weighted by atomic mass is 10.3. The predicted octanol–water partition coefficient (Wildman–Crippen LogP) is 1.76. The molecule has 0 aliphatic carbocycles. The van der Waals surface area contributed by atoms with Crippen molar-refractivity contribution in [3.63, 3.8) is 0 Å². The van der Waals surface area contributed by atoms with Crippen LogP contribution < -0.4 is 0 Å². The second-order valence-corrected chi connectivity index (χ2v) is 3.63. The van der Waals surface area contributed by atoms with Crippen molar-refractivity contribution in [3.8, 4) is 5.75 Å². The average molecular weight is 207 g/mol. The SMILES string of the molecule is CSc1ncc(O)c2nc(C)ncc12. The third-order valence-corrected chi connectivity index (χ3v) is 2.59. The zero-order valence-corrected chi connectivity index (χ0v) is 8.67. The standard InChI is InChI=1S/C9H9N3OS/c1-5-10-3-6-8(12-5)7(13)4-11-9(6)14-2/h3-4,13H,1-2H3. The van der Waals surface area contributed by atoms with Gasteiger partial charge in [0.15, 0.2) is 5.75 Å². The highest BCUT2D eigenvalue weighted by molar-refractivity contribution is 7.98. The Bertz CT molecular complexity index is 487. The molecule has 1 N–H and O–H groups in total. The molecule has 5 heteroatoms. The smallest absolute Gasteiger partial charge is 0.160 e. The van der Waals surface area contributed by atoms with E-state index in [2.05, 4.69) is 15.0 Å². The highest BCUT2D eigenvalue weighted by atomic mass is 32.2. The van der Waals surface area contributed by atoms with Crippen LogP contribution in [-0.2, 0) is 0 Å². The Hall–Kier alpha value is -1.36. The lowest BCUT2D eigenvalue weighted by molar-refractivity contribution is 0.477. The summed E-state index contributed by atoms with van der Waals surface area (Å²) in [7, 11) is 0. The van der Waals surface area contributed by atoms with Crippen molar-refractivity contribution >= 4 is 22.7 Å². The van der Waals surface area contributed by atoms with Crippen molar-refractivity contribution in [3.05, 3.63) is 18.2 Å². The van der Waals surface area contributed by atoms with Crippen molar-refractivity contribution in [1.82, 2.24) is 15.0 Å². The van der Waals surface area contributed by atoms with Gasteiger partial charge in [0.1, 0.15) is 16.4 Å². The summed E-state index contributed by atoms with van der Waals surface area (Å²) in [5.41, 5.74) is 0.567. The molecular weight excluding hydrogens is 198 g/mol. The molecule has 0 unspecified atom stereocenters. The van der Waals surface area contributed by atoms with Crippen LogP contribution in [0.1, 0.15) is 5.82 Å².